The predicted molar refractivity (Wildman–Crippen MR) is 131 cm³/mol. The monoisotopic (exact) mass is 469 g/mol. The molecular weight excluding hydrogens is 438 g/mol. The average Bonchev–Trinajstić information content (AvgIpc) is 3.49. The number of aromatic nitrogens is 2. The second-order valence-corrected chi connectivity index (χ2v) is 9.21. The van der Waals surface area contributed by atoms with Gasteiger partial charge in [0, 0.05) is 13.1 Å². The van der Waals surface area contributed by atoms with Gasteiger partial charge in [0.05, 0.1) is 35.3 Å². The van der Waals surface area contributed by atoms with E-state index in [1.807, 2.05) is 0 Å². The summed E-state index contributed by atoms with van der Waals surface area (Å²) in [5, 5.41) is 17.4. The van der Waals surface area contributed by atoms with Gasteiger partial charge in [-0.15, -0.1) is 0 Å². The maximum absolute atomic E-state index is 12.9. The Morgan fingerprint density at radius 2 is 1.97 bits per heavy atom. The Labute approximate surface area is 198 Å². The lowest BCUT2D eigenvalue weighted by Crippen LogP contribution is -2.35. The molecule has 8 nitrogen and oxygen atoms in total. The molecule has 0 bridgehead atoms. The van der Waals surface area contributed by atoms with Gasteiger partial charge in [0.15, 0.2) is 17.4 Å². The Kier molecular flexibility index (Phi) is 7.17. The minimum Gasteiger partial charge on any atom is -0.505 e. The van der Waals surface area contributed by atoms with E-state index in [0.717, 1.165) is 61.8 Å². The van der Waals surface area contributed by atoms with Crippen LogP contribution in [0, 0.1) is 0 Å². The highest BCUT2D eigenvalue weighted by Crippen LogP contribution is 2.35. The van der Waals surface area contributed by atoms with Crippen LogP contribution in [0.15, 0.2) is 34.9 Å². The van der Waals surface area contributed by atoms with Crippen LogP contribution >= 0.6 is 11.7 Å². The molecule has 1 aliphatic rings. The van der Waals surface area contributed by atoms with Gasteiger partial charge in [0.1, 0.15) is 5.76 Å². The normalized spacial score (nSPS) is 15.0. The molecule has 1 atom stereocenters. The van der Waals surface area contributed by atoms with Gasteiger partial charge in [-0.3, -0.25) is 4.79 Å². The van der Waals surface area contributed by atoms with Crippen LogP contribution in [0.25, 0.3) is 0 Å². The van der Waals surface area contributed by atoms with Crippen LogP contribution in [0.1, 0.15) is 80.1 Å². The lowest BCUT2D eigenvalue weighted by Gasteiger charge is -2.27. The van der Waals surface area contributed by atoms with Crippen molar-refractivity contribution in [2.24, 2.45) is 0 Å². The first kappa shape index (κ1) is 23.1. The van der Waals surface area contributed by atoms with Gasteiger partial charge >= 0.3 is 0 Å². The van der Waals surface area contributed by atoms with Crippen LogP contribution in [0.5, 0.6) is 5.75 Å². The van der Waals surface area contributed by atoms with E-state index in [1.54, 1.807) is 29.4 Å². The number of likely N-dealkylation sites (tertiary alicyclic amines) is 1. The molecule has 3 N–H and O–H groups in total. The van der Waals surface area contributed by atoms with Gasteiger partial charge in [-0.25, -0.2) is 0 Å². The van der Waals surface area contributed by atoms with Gasteiger partial charge in [-0.2, -0.15) is 8.75 Å². The molecule has 0 aliphatic carbocycles. The molecule has 33 heavy (non-hydrogen) atoms. The minimum atomic E-state index is -0.143. The van der Waals surface area contributed by atoms with E-state index in [4.69, 9.17) is 4.42 Å². The number of phenols is 1. The number of hydrogen-bond acceptors (Lipinski definition) is 8. The zero-order valence-electron chi connectivity index (χ0n) is 19.3. The number of carbonyl (C=O) groups excluding carboxylic acids is 1. The highest BCUT2D eigenvalue weighted by molar-refractivity contribution is 6.99. The van der Waals surface area contributed by atoms with Gasteiger partial charge < -0.3 is 25.1 Å². The average molecular weight is 470 g/mol. The number of carbonyl (C=O) groups is 1. The van der Waals surface area contributed by atoms with Crippen molar-refractivity contribution in [3.8, 4) is 5.75 Å². The maximum atomic E-state index is 12.9. The quantitative estimate of drug-likeness (QED) is 0.353. The van der Waals surface area contributed by atoms with Crippen molar-refractivity contribution < 1.29 is 14.3 Å². The van der Waals surface area contributed by atoms with Gasteiger partial charge in [0.25, 0.3) is 5.91 Å². The zero-order chi connectivity index (χ0) is 23.4. The number of anilines is 3. The Hall–Kier alpha value is -3.07. The molecule has 1 aromatic carbocycles. The van der Waals surface area contributed by atoms with Crippen molar-refractivity contribution >= 4 is 35.0 Å². The first-order chi connectivity index (χ1) is 16.0. The van der Waals surface area contributed by atoms with Crippen molar-refractivity contribution in [1.82, 2.24) is 13.6 Å². The number of nitrogens with zero attached hydrogens (tertiary/aromatic N) is 3. The molecule has 0 spiro atoms. The number of rotatable bonds is 8. The Morgan fingerprint density at radius 1 is 1.21 bits per heavy atom. The summed E-state index contributed by atoms with van der Waals surface area (Å²) in [6.07, 6.45) is 5.73. The molecule has 1 saturated heterocycles. The van der Waals surface area contributed by atoms with E-state index < -0.39 is 0 Å². The third-order valence-corrected chi connectivity index (χ3v) is 6.55. The fraction of sp³-hybridized carbons (Fsp3) is 0.458. The van der Waals surface area contributed by atoms with Crippen LogP contribution in [-0.2, 0) is 0 Å². The summed E-state index contributed by atoms with van der Waals surface area (Å²) in [6, 6.07) is 7.15. The van der Waals surface area contributed by atoms with Crippen LogP contribution in [-0.4, -0.2) is 37.8 Å². The highest BCUT2D eigenvalue weighted by Gasteiger charge is 2.23. The lowest BCUT2D eigenvalue weighted by molar-refractivity contribution is 0.0721. The number of nitrogens with one attached hydrogen (secondary N) is 2. The second-order valence-electron chi connectivity index (χ2n) is 8.68. The molecule has 1 fully saturated rings. The summed E-state index contributed by atoms with van der Waals surface area (Å²) in [7, 11) is 0. The molecule has 0 saturated carbocycles. The predicted octanol–water partition coefficient (Wildman–Crippen LogP) is 5.89. The molecule has 3 aromatic rings. The van der Waals surface area contributed by atoms with Crippen molar-refractivity contribution in [3.05, 3.63) is 47.4 Å². The fourth-order valence-corrected chi connectivity index (χ4v) is 4.45. The van der Waals surface area contributed by atoms with Gasteiger partial charge in [-0.1, -0.05) is 26.8 Å². The Morgan fingerprint density at radius 3 is 2.67 bits per heavy atom. The molecular formula is C24H31N5O3S. The fourth-order valence-electron chi connectivity index (χ4n) is 3.97. The highest BCUT2D eigenvalue weighted by atomic mass is 32.1. The van der Waals surface area contributed by atoms with Crippen molar-refractivity contribution in [1.29, 1.82) is 0 Å². The van der Waals surface area contributed by atoms with E-state index in [-0.39, 0.29) is 17.7 Å². The summed E-state index contributed by atoms with van der Waals surface area (Å²) >= 11 is 1.07. The van der Waals surface area contributed by atoms with E-state index in [9.17, 15) is 9.90 Å². The first-order valence-corrected chi connectivity index (χ1v) is 12.3. The number of aromatic hydroxyl groups is 1. The minimum absolute atomic E-state index is 0.0671. The zero-order valence-corrected chi connectivity index (χ0v) is 20.1. The summed E-state index contributed by atoms with van der Waals surface area (Å²) in [6.45, 7) is 7.79. The molecule has 3 heterocycles. The molecule has 4 rings (SSSR count). The van der Waals surface area contributed by atoms with E-state index in [2.05, 4.69) is 46.2 Å². The molecule has 2 aromatic heterocycles. The maximum Gasteiger partial charge on any atom is 0.257 e. The van der Waals surface area contributed by atoms with Crippen molar-refractivity contribution in [3.63, 3.8) is 0 Å². The van der Waals surface area contributed by atoms with E-state index in [0.29, 0.717) is 28.8 Å². The topological polar surface area (TPSA) is 104 Å². The van der Waals surface area contributed by atoms with Crippen molar-refractivity contribution in [2.75, 3.05) is 23.7 Å². The number of benzene rings is 1. The number of para-hydroxylation sites is 1. The van der Waals surface area contributed by atoms with Crippen LogP contribution in [0.4, 0.5) is 17.3 Å². The standard InChI is InChI=1S/C24H31N5O3S/c1-4-18(20-13-16(14-32-20)15(2)3)25-22-23(28-33-27-22)26-19-10-8-9-17(21(19)30)24(31)29-11-6-5-7-12-29/h8-10,13-15,18,30H,4-7,11-12H2,1-3H3,(H,25,27)(H,26,28). The summed E-state index contributed by atoms with van der Waals surface area (Å²) < 4.78 is 14.5. The molecule has 0 radical (unpaired) electrons. The van der Waals surface area contributed by atoms with Crippen LogP contribution in [0.2, 0.25) is 0 Å². The first-order valence-electron chi connectivity index (χ1n) is 11.5. The van der Waals surface area contributed by atoms with Crippen LogP contribution < -0.4 is 10.6 Å². The number of amides is 1. The molecule has 1 aliphatic heterocycles. The number of hydrogen-bond donors (Lipinski definition) is 3. The lowest BCUT2D eigenvalue weighted by atomic mass is 10.1. The summed E-state index contributed by atoms with van der Waals surface area (Å²) in [5.41, 5.74) is 1.87. The Bertz CT molecular complexity index is 1090. The number of furan rings is 1. The number of piperidine rings is 1. The number of phenolic OH excluding ortho intramolecular Hbond substituents is 1. The summed E-state index contributed by atoms with van der Waals surface area (Å²) in [4.78, 5) is 14.7. The van der Waals surface area contributed by atoms with Gasteiger partial charge in [-0.05, 0) is 55.4 Å². The molecule has 1 amide bonds. The van der Waals surface area contributed by atoms with Crippen molar-refractivity contribution in [2.45, 2.75) is 58.4 Å². The molecule has 9 heteroatoms. The molecule has 176 valence electrons. The molecule has 1 unspecified atom stereocenters. The largest absolute Gasteiger partial charge is 0.505 e. The second kappa shape index (κ2) is 10.2. The van der Waals surface area contributed by atoms with E-state index in [1.165, 1.54) is 0 Å². The smallest absolute Gasteiger partial charge is 0.257 e. The Balaban J connectivity index is 1.51. The SMILES string of the molecule is CCC(Nc1nsnc1Nc1cccc(C(=O)N2CCCCC2)c1O)c1cc(C(C)C)co1. The summed E-state index contributed by atoms with van der Waals surface area (Å²) in [5.74, 6) is 2.08. The van der Waals surface area contributed by atoms with E-state index >= 15 is 0 Å². The van der Waals surface area contributed by atoms with Crippen LogP contribution in [0.3, 0.4) is 0 Å². The van der Waals surface area contributed by atoms with Gasteiger partial charge in [0.2, 0.25) is 0 Å². The third-order valence-electron chi connectivity index (χ3n) is 6.02. The third kappa shape index (κ3) is 5.13.